The van der Waals surface area contributed by atoms with Gasteiger partial charge in [0.1, 0.15) is 5.54 Å². The van der Waals surface area contributed by atoms with E-state index in [2.05, 4.69) is 20.7 Å². The average molecular weight is 366 g/mol. The lowest BCUT2D eigenvalue weighted by molar-refractivity contribution is -0.129. The van der Waals surface area contributed by atoms with Crippen LogP contribution >= 0.6 is 0 Å². The number of likely N-dealkylation sites (tertiary alicyclic amines) is 1. The second-order valence-corrected chi connectivity index (χ2v) is 6.55. The molecule has 2 fully saturated rings. The van der Waals surface area contributed by atoms with Crippen molar-refractivity contribution in [3.8, 4) is 0 Å². The number of H-pyrrole nitrogens is 1. The quantitative estimate of drug-likeness (QED) is 0.490. The molecule has 2 saturated heterocycles. The van der Waals surface area contributed by atoms with Gasteiger partial charge in [-0.15, -0.1) is 0 Å². The summed E-state index contributed by atoms with van der Waals surface area (Å²) in [5.41, 5.74) is -0.575. The fourth-order valence-corrected chi connectivity index (χ4v) is 3.26. The number of aromatic amines is 1. The number of piperidine rings is 1. The molecule has 11 nitrogen and oxygen atoms in total. The number of hydrogen-bond acceptors (Lipinski definition) is 6. The first-order chi connectivity index (χ1) is 12.4. The van der Waals surface area contributed by atoms with E-state index in [1.54, 1.807) is 9.80 Å². The molecular formula is C15H22N6O5. The van der Waals surface area contributed by atoms with Crippen LogP contribution in [0, 0.1) is 5.92 Å². The number of carboxylic acid groups (broad SMARTS) is 1. The van der Waals surface area contributed by atoms with Crippen LogP contribution in [-0.4, -0.2) is 79.8 Å². The van der Waals surface area contributed by atoms with Crippen LogP contribution < -0.4 is 5.32 Å². The Hall–Kier alpha value is -2.98. The Morgan fingerprint density at radius 1 is 1.38 bits per heavy atom. The van der Waals surface area contributed by atoms with E-state index in [0.29, 0.717) is 32.5 Å². The molecule has 3 heterocycles. The lowest BCUT2D eigenvalue weighted by Crippen LogP contribution is -2.58. The highest BCUT2D eigenvalue weighted by Crippen LogP contribution is 2.34. The maximum absolute atomic E-state index is 12.4. The fraction of sp³-hybridized carbons (Fsp3) is 0.600. The minimum atomic E-state index is -0.831. The van der Waals surface area contributed by atoms with Crippen LogP contribution in [0.2, 0.25) is 0 Å². The van der Waals surface area contributed by atoms with E-state index in [1.807, 2.05) is 13.8 Å². The monoisotopic (exact) mass is 366 g/mol. The summed E-state index contributed by atoms with van der Waals surface area (Å²) >= 11 is 0. The van der Waals surface area contributed by atoms with Gasteiger partial charge in [0.15, 0.2) is 5.69 Å². The number of carbonyl (C=O) groups excluding carboxylic acids is 3. The van der Waals surface area contributed by atoms with Gasteiger partial charge in [-0.05, 0) is 18.8 Å². The molecule has 4 amide bonds. The molecule has 1 aromatic heterocycles. The Morgan fingerprint density at radius 2 is 2.00 bits per heavy atom. The maximum atomic E-state index is 12.4. The first kappa shape index (κ1) is 19.3. The van der Waals surface area contributed by atoms with Crippen LogP contribution in [0.15, 0.2) is 6.20 Å². The van der Waals surface area contributed by atoms with Gasteiger partial charge in [0.05, 0.1) is 6.20 Å². The van der Waals surface area contributed by atoms with Crippen LogP contribution in [0.1, 0.15) is 37.2 Å². The third-order valence-electron chi connectivity index (χ3n) is 4.46. The zero-order valence-corrected chi connectivity index (χ0v) is 14.6. The molecule has 0 unspecified atom stereocenters. The smallest absolute Gasteiger partial charge is 0.325 e. The van der Waals surface area contributed by atoms with Crippen molar-refractivity contribution in [2.45, 2.75) is 32.2 Å². The van der Waals surface area contributed by atoms with E-state index >= 15 is 0 Å². The minimum absolute atomic E-state index is 0.214. The Morgan fingerprint density at radius 3 is 2.50 bits per heavy atom. The van der Waals surface area contributed by atoms with Crippen LogP contribution in [0.4, 0.5) is 4.79 Å². The highest BCUT2D eigenvalue weighted by Gasteiger charge is 2.54. The number of amides is 4. The first-order valence-corrected chi connectivity index (χ1v) is 8.21. The molecule has 26 heavy (non-hydrogen) atoms. The van der Waals surface area contributed by atoms with Crippen molar-refractivity contribution in [1.29, 1.82) is 0 Å². The molecule has 0 saturated carbocycles. The van der Waals surface area contributed by atoms with Gasteiger partial charge in [-0.1, -0.05) is 13.8 Å². The number of urea groups is 1. The largest absolute Gasteiger partial charge is 0.483 e. The number of aromatic nitrogens is 3. The fourth-order valence-electron chi connectivity index (χ4n) is 3.26. The number of carbonyl (C=O) groups is 4. The van der Waals surface area contributed by atoms with Crippen LogP contribution in [-0.2, 0) is 9.59 Å². The van der Waals surface area contributed by atoms with Crippen molar-refractivity contribution in [1.82, 2.24) is 30.5 Å². The van der Waals surface area contributed by atoms with Crippen LogP contribution in [0.3, 0.4) is 0 Å². The van der Waals surface area contributed by atoms with E-state index in [9.17, 15) is 14.4 Å². The lowest BCUT2D eigenvalue weighted by atomic mass is 9.85. The average Bonchev–Trinajstić information content (AvgIpc) is 3.20. The van der Waals surface area contributed by atoms with Gasteiger partial charge in [0, 0.05) is 19.6 Å². The molecule has 142 valence electrons. The molecule has 3 N–H and O–H groups in total. The van der Waals surface area contributed by atoms with Crippen molar-refractivity contribution in [2.75, 3.05) is 19.6 Å². The summed E-state index contributed by atoms with van der Waals surface area (Å²) in [6, 6.07) is -0.333. The van der Waals surface area contributed by atoms with E-state index in [-0.39, 0.29) is 35.9 Å². The van der Waals surface area contributed by atoms with E-state index < -0.39 is 5.54 Å². The summed E-state index contributed by atoms with van der Waals surface area (Å²) in [5, 5.41) is 19.2. The second kappa shape index (κ2) is 7.93. The maximum Gasteiger partial charge on any atom is 0.325 e. The van der Waals surface area contributed by atoms with Crippen LogP contribution in [0.5, 0.6) is 0 Å². The zero-order valence-electron chi connectivity index (χ0n) is 14.6. The van der Waals surface area contributed by atoms with E-state index in [1.165, 1.54) is 6.20 Å². The number of nitrogens with zero attached hydrogens (tertiary/aromatic N) is 4. The number of imide groups is 1. The van der Waals surface area contributed by atoms with Gasteiger partial charge < -0.3 is 14.9 Å². The van der Waals surface area contributed by atoms with Crippen LogP contribution in [0.25, 0.3) is 0 Å². The number of hydrogen-bond donors (Lipinski definition) is 3. The van der Waals surface area contributed by atoms with Gasteiger partial charge in [-0.25, -0.2) is 4.79 Å². The molecule has 1 spiro atoms. The summed E-state index contributed by atoms with van der Waals surface area (Å²) in [5.74, 6) is -0.205. The zero-order chi connectivity index (χ0) is 19.3. The molecule has 1 aromatic rings. The molecular weight excluding hydrogens is 344 g/mol. The summed E-state index contributed by atoms with van der Waals surface area (Å²) in [6.45, 7) is 5.09. The summed E-state index contributed by atoms with van der Waals surface area (Å²) in [4.78, 5) is 48.4. The van der Waals surface area contributed by atoms with Gasteiger partial charge in [-0.2, -0.15) is 15.4 Å². The molecule has 11 heteroatoms. The molecule has 0 radical (unpaired) electrons. The van der Waals surface area contributed by atoms with Gasteiger partial charge in [0.2, 0.25) is 0 Å². The SMILES string of the molecule is CC(C)CN1C(=O)NC(=O)C12CCN(C(=O)c1cn[nH]n1)CC2.O=CO. The summed E-state index contributed by atoms with van der Waals surface area (Å²) in [7, 11) is 0. The highest BCUT2D eigenvalue weighted by molar-refractivity contribution is 6.07. The molecule has 0 bridgehead atoms. The Labute approximate surface area is 149 Å². The van der Waals surface area contributed by atoms with E-state index in [0.717, 1.165) is 0 Å². The topological polar surface area (TPSA) is 149 Å². The Balaban J connectivity index is 0.000000758. The predicted molar refractivity (Wildman–Crippen MR) is 88.0 cm³/mol. The molecule has 2 aliphatic rings. The standard InChI is InChI=1S/C14H20N6O3.CH2O2/c1-9(2)8-20-13(23)16-12(22)14(20)3-5-19(6-4-14)11(21)10-7-15-18-17-10;2-1-3/h7,9H,3-6,8H2,1-2H3,(H,15,17,18)(H,16,22,23);1H,(H,2,3). The van der Waals surface area contributed by atoms with Gasteiger partial charge in [0.25, 0.3) is 18.3 Å². The van der Waals surface area contributed by atoms with Crippen molar-refractivity contribution >= 4 is 24.3 Å². The lowest BCUT2D eigenvalue weighted by Gasteiger charge is -2.42. The van der Waals surface area contributed by atoms with Gasteiger partial charge >= 0.3 is 6.03 Å². The van der Waals surface area contributed by atoms with Crippen molar-refractivity contribution in [3.05, 3.63) is 11.9 Å². The third kappa shape index (κ3) is 3.65. The second-order valence-electron chi connectivity index (χ2n) is 6.55. The summed E-state index contributed by atoms with van der Waals surface area (Å²) < 4.78 is 0. The van der Waals surface area contributed by atoms with Gasteiger partial charge in [-0.3, -0.25) is 19.7 Å². The van der Waals surface area contributed by atoms with Crippen molar-refractivity contribution < 1.29 is 24.3 Å². The Kier molecular flexibility index (Phi) is 5.90. The normalized spacial score (nSPS) is 18.6. The molecule has 0 aromatic carbocycles. The third-order valence-corrected chi connectivity index (χ3v) is 4.46. The number of nitrogens with one attached hydrogen (secondary N) is 2. The molecule has 0 atom stereocenters. The Bertz CT molecular complexity index is 666. The molecule has 2 aliphatic heterocycles. The van der Waals surface area contributed by atoms with Crippen molar-refractivity contribution in [2.24, 2.45) is 5.92 Å². The van der Waals surface area contributed by atoms with Crippen molar-refractivity contribution in [3.63, 3.8) is 0 Å². The first-order valence-electron chi connectivity index (χ1n) is 8.21. The minimum Gasteiger partial charge on any atom is -0.483 e. The summed E-state index contributed by atoms with van der Waals surface area (Å²) in [6.07, 6.45) is 2.24. The molecule has 0 aliphatic carbocycles. The molecule has 3 rings (SSSR count). The highest BCUT2D eigenvalue weighted by atomic mass is 16.3. The number of rotatable bonds is 3. The van der Waals surface area contributed by atoms with E-state index in [4.69, 9.17) is 9.90 Å². The predicted octanol–water partition coefficient (Wildman–Crippen LogP) is -0.312.